The van der Waals surface area contributed by atoms with Gasteiger partial charge in [0, 0.05) is 5.69 Å². The van der Waals surface area contributed by atoms with E-state index in [1.165, 1.54) is 21.6 Å². The number of anilines is 1. The van der Waals surface area contributed by atoms with Crippen molar-refractivity contribution in [2.75, 3.05) is 18.5 Å². The minimum absolute atomic E-state index is 0.0164. The van der Waals surface area contributed by atoms with Crippen molar-refractivity contribution in [2.45, 2.75) is 93.9 Å². The predicted octanol–water partition coefficient (Wildman–Crippen LogP) is 9.66. The van der Waals surface area contributed by atoms with Crippen LogP contribution in [-0.4, -0.2) is 45.9 Å². The second-order valence-corrected chi connectivity index (χ2v) is 23.3. The summed E-state index contributed by atoms with van der Waals surface area (Å²) in [6.45, 7) is 11.7. The topological polar surface area (TPSA) is 110 Å². The Morgan fingerprint density at radius 2 is 1.40 bits per heavy atom. The van der Waals surface area contributed by atoms with Gasteiger partial charge in [0.25, 0.3) is 0 Å². The lowest BCUT2D eigenvalue weighted by atomic mass is 9.77. The van der Waals surface area contributed by atoms with Crippen molar-refractivity contribution < 1.29 is 18.2 Å². The van der Waals surface area contributed by atoms with Gasteiger partial charge in [-0.3, -0.25) is 0 Å². The number of nitrogens with zero attached hydrogens (tertiary/aromatic N) is 3. The van der Waals surface area contributed by atoms with Gasteiger partial charge >= 0.3 is 6.03 Å². The summed E-state index contributed by atoms with van der Waals surface area (Å²) in [6, 6.07) is 30.4. The lowest BCUT2D eigenvalue weighted by molar-refractivity contribution is 0.208. The van der Waals surface area contributed by atoms with Gasteiger partial charge in [-0.15, -0.1) is 0 Å². The molecule has 9 nitrogen and oxygen atoms in total. The lowest BCUT2D eigenvalue weighted by Crippen LogP contribution is -2.55. The van der Waals surface area contributed by atoms with Gasteiger partial charge in [-0.2, -0.15) is 5.10 Å². The average Bonchev–Trinajstić information content (AvgIpc) is 3.99. The SMILES string of the molecule is CC(C)(C)[Si](C)(C)OCC1COc2c(S(=N)(=O)N(C(=O)Nc3c4c(cc5c3CCC5)CCC4)C(c3ccccc3)(c3ccccc3)c3ccccc3)cnn21. The first-order chi connectivity index (χ1) is 26.3. The molecule has 3 aliphatic rings. The minimum atomic E-state index is -4.24. The molecule has 1 aromatic heterocycles. The van der Waals surface area contributed by atoms with Gasteiger partial charge in [0.2, 0.25) is 5.88 Å². The highest BCUT2D eigenvalue weighted by Crippen LogP contribution is 2.48. The highest BCUT2D eigenvalue weighted by atomic mass is 32.2. The van der Waals surface area contributed by atoms with Gasteiger partial charge in [-0.1, -0.05) is 118 Å². The molecule has 8 rings (SSSR count). The predicted molar refractivity (Wildman–Crippen MR) is 220 cm³/mol. The van der Waals surface area contributed by atoms with Crippen molar-refractivity contribution in [1.82, 2.24) is 14.1 Å². The van der Waals surface area contributed by atoms with Crippen molar-refractivity contribution in [3.8, 4) is 5.88 Å². The largest absolute Gasteiger partial charge is 0.475 e. The number of carbonyl (C=O) groups is 1. The maximum Gasteiger partial charge on any atom is 0.336 e. The van der Waals surface area contributed by atoms with Gasteiger partial charge in [0.15, 0.2) is 18.2 Å². The molecule has 11 heteroatoms. The summed E-state index contributed by atoms with van der Waals surface area (Å²) in [4.78, 5) is 15.8. The standard InChI is InChI=1S/C44H51N5O4SSi/c1-43(2,3)55(4,5)53-30-36-29-52-41-39(28-46-48(36)41)54(45,51)49(42(50)47-40-37-25-15-17-31(37)27-32-18-16-26-38(32)40)44(33-19-9-6-10-20-33,34-21-11-7-12-22-34)35-23-13-8-14-24-35/h6-14,19-24,27-28,36,45H,15-18,25-26,29-30H2,1-5H3,(H,47,50). The molecule has 0 fully saturated rings. The monoisotopic (exact) mass is 773 g/mol. The quantitative estimate of drug-likeness (QED) is 0.109. The van der Waals surface area contributed by atoms with Crippen LogP contribution >= 0.6 is 0 Å². The second kappa shape index (κ2) is 14.1. The molecule has 5 aromatic rings. The summed E-state index contributed by atoms with van der Waals surface area (Å²) in [5.74, 6) is 0.228. The fourth-order valence-corrected chi connectivity index (χ4v) is 11.2. The number of fused-ring (bicyclic) bond motifs is 3. The first kappa shape index (κ1) is 37.2. The van der Waals surface area contributed by atoms with E-state index < -0.39 is 29.8 Å². The zero-order chi connectivity index (χ0) is 38.6. The Hall–Kier alpha value is -4.71. The Morgan fingerprint density at radius 3 is 1.89 bits per heavy atom. The molecule has 0 radical (unpaired) electrons. The molecule has 2 atom stereocenters. The van der Waals surface area contributed by atoms with Crippen LogP contribution in [0.15, 0.2) is 108 Å². The molecule has 2 heterocycles. The van der Waals surface area contributed by atoms with E-state index in [2.05, 4.69) is 45.2 Å². The molecule has 2 amide bonds. The number of carbonyl (C=O) groups excluding carboxylic acids is 1. The molecule has 286 valence electrons. The summed E-state index contributed by atoms with van der Waals surface area (Å²) in [6.07, 6.45) is 7.13. The van der Waals surface area contributed by atoms with Crippen LogP contribution in [0.1, 0.15) is 78.6 Å². The van der Waals surface area contributed by atoms with Crippen LogP contribution in [0.3, 0.4) is 0 Å². The first-order valence-electron chi connectivity index (χ1n) is 19.4. The number of nitrogens with one attached hydrogen (secondary N) is 2. The molecule has 0 saturated heterocycles. The fraction of sp³-hybridized carbons (Fsp3) is 0.364. The number of urea groups is 1. The Balaban J connectivity index is 1.33. The lowest BCUT2D eigenvalue weighted by Gasteiger charge is -2.45. The van der Waals surface area contributed by atoms with E-state index in [0.29, 0.717) is 23.3 Å². The van der Waals surface area contributed by atoms with Gasteiger partial charge in [0.1, 0.15) is 23.1 Å². The summed E-state index contributed by atoms with van der Waals surface area (Å²) in [5, 5.41) is 8.07. The normalized spacial score (nSPS) is 17.5. The maximum absolute atomic E-state index is 16.1. The first-order valence-corrected chi connectivity index (χ1v) is 23.8. The zero-order valence-electron chi connectivity index (χ0n) is 32.4. The number of rotatable bonds is 10. The van der Waals surface area contributed by atoms with Crippen LogP contribution in [0.4, 0.5) is 10.5 Å². The number of benzene rings is 4. The van der Waals surface area contributed by atoms with Gasteiger partial charge in [-0.05, 0) is 95.6 Å². The average molecular weight is 774 g/mol. The number of aryl methyl sites for hydroxylation is 2. The molecular weight excluding hydrogens is 723 g/mol. The maximum atomic E-state index is 16.1. The van der Waals surface area contributed by atoms with E-state index in [0.717, 1.165) is 55.3 Å². The molecule has 0 saturated carbocycles. The fourth-order valence-electron chi connectivity index (χ4n) is 8.38. The molecular formula is C44H51N5O4SSi. The van der Waals surface area contributed by atoms with Gasteiger partial charge < -0.3 is 14.5 Å². The van der Waals surface area contributed by atoms with Crippen LogP contribution in [-0.2, 0) is 45.6 Å². The molecule has 2 unspecified atom stereocenters. The van der Waals surface area contributed by atoms with Crippen molar-refractivity contribution in [2.24, 2.45) is 0 Å². The van der Waals surface area contributed by atoms with Gasteiger partial charge in [-0.25, -0.2) is 22.8 Å². The molecule has 1 aliphatic heterocycles. The minimum Gasteiger partial charge on any atom is -0.475 e. The summed E-state index contributed by atoms with van der Waals surface area (Å²) >= 11 is 0. The summed E-state index contributed by atoms with van der Waals surface area (Å²) in [5.41, 5.74) is 6.20. The molecule has 0 bridgehead atoms. The van der Waals surface area contributed by atoms with Crippen molar-refractivity contribution >= 4 is 30.0 Å². The summed E-state index contributed by atoms with van der Waals surface area (Å²) < 4.78 is 42.2. The number of hydrogen-bond donors (Lipinski definition) is 2. The van der Waals surface area contributed by atoms with E-state index in [9.17, 15) is 4.78 Å². The number of aromatic nitrogens is 2. The van der Waals surface area contributed by atoms with Crippen molar-refractivity contribution in [3.63, 3.8) is 0 Å². The highest BCUT2D eigenvalue weighted by Gasteiger charge is 2.52. The second-order valence-electron chi connectivity index (χ2n) is 16.6. The number of ether oxygens (including phenoxy) is 1. The molecule has 4 aromatic carbocycles. The van der Waals surface area contributed by atoms with E-state index >= 15 is 9.00 Å². The third kappa shape index (κ3) is 6.30. The number of amides is 2. The Bertz CT molecular complexity index is 2190. The molecule has 2 N–H and O–H groups in total. The molecule has 55 heavy (non-hydrogen) atoms. The Morgan fingerprint density at radius 1 is 0.891 bits per heavy atom. The van der Waals surface area contributed by atoms with E-state index in [1.54, 1.807) is 4.68 Å². The Kier molecular flexibility index (Phi) is 9.54. The van der Waals surface area contributed by atoms with Crippen molar-refractivity contribution in [1.29, 1.82) is 4.78 Å². The molecule has 0 spiro atoms. The van der Waals surface area contributed by atoms with E-state index in [-0.39, 0.29) is 28.5 Å². The van der Waals surface area contributed by atoms with Crippen LogP contribution in [0.25, 0.3) is 0 Å². The third-order valence-electron chi connectivity index (χ3n) is 12.2. The van der Waals surface area contributed by atoms with E-state index in [1.807, 2.05) is 91.0 Å². The third-order valence-corrected chi connectivity index (χ3v) is 18.6. The zero-order valence-corrected chi connectivity index (χ0v) is 34.2. The van der Waals surface area contributed by atoms with Crippen LogP contribution < -0.4 is 10.1 Å². The van der Waals surface area contributed by atoms with E-state index in [4.69, 9.17) is 14.3 Å². The summed E-state index contributed by atoms with van der Waals surface area (Å²) in [7, 11) is -6.34. The van der Waals surface area contributed by atoms with Crippen LogP contribution in [0.2, 0.25) is 18.1 Å². The van der Waals surface area contributed by atoms with Crippen LogP contribution in [0, 0.1) is 4.78 Å². The molecule has 2 aliphatic carbocycles. The van der Waals surface area contributed by atoms with Gasteiger partial charge in [0.05, 0.1) is 12.8 Å². The van der Waals surface area contributed by atoms with Crippen LogP contribution in [0.5, 0.6) is 5.88 Å². The highest BCUT2D eigenvalue weighted by molar-refractivity contribution is 7.90. The number of hydrogen-bond acceptors (Lipinski definition) is 6. The van der Waals surface area contributed by atoms with Crippen molar-refractivity contribution in [3.05, 3.63) is 142 Å². The smallest absolute Gasteiger partial charge is 0.336 e. The Labute approximate surface area is 326 Å².